The number of carbonyl (C=O) groups excluding carboxylic acids is 2. The number of rotatable bonds is 0. The van der Waals surface area contributed by atoms with Crippen molar-refractivity contribution < 1.29 is 14.3 Å². The van der Waals surface area contributed by atoms with Crippen molar-refractivity contribution >= 4 is 23.3 Å². The molecule has 1 aromatic rings. The Morgan fingerprint density at radius 2 is 1.82 bits per heavy atom. The minimum atomic E-state index is -0.829. The van der Waals surface area contributed by atoms with Crippen LogP contribution < -0.4 is 9.80 Å². The molecule has 1 aliphatic rings. The molecule has 0 saturated heterocycles. The average molecular weight is 234 g/mol. The minimum Gasteiger partial charge on any atom is -0.462 e. The molecule has 90 valence electrons. The van der Waals surface area contributed by atoms with Gasteiger partial charge in [0.25, 0.3) is 0 Å². The molecular formula is C12H14N2O3. The number of esters is 1. The van der Waals surface area contributed by atoms with Crippen LogP contribution in [0, 0.1) is 0 Å². The summed E-state index contributed by atoms with van der Waals surface area (Å²) in [5.74, 6) is -1.45. The molecule has 1 aromatic carbocycles. The summed E-state index contributed by atoms with van der Waals surface area (Å²) in [6.45, 7) is 1.18. The molecule has 0 aromatic heterocycles. The molecule has 5 nitrogen and oxygen atoms in total. The topological polar surface area (TPSA) is 49.9 Å². The lowest BCUT2D eigenvalue weighted by atomic mass is 10.1. The summed E-state index contributed by atoms with van der Waals surface area (Å²) in [5, 5.41) is 0. The largest absolute Gasteiger partial charge is 0.462 e. The van der Waals surface area contributed by atoms with E-state index in [1.807, 2.05) is 31.3 Å². The van der Waals surface area contributed by atoms with Crippen LogP contribution in [0.5, 0.6) is 0 Å². The van der Waals surface area contributed by atoms with Gasteiger partial charge in [0.15, 0.2) is 0 Å². The summed E-state index contributed by atoms with van der Waals surface area (Å²) in [6.07, 6.45) is 0. The van der Waals surface area contributed by atoms with E-state index in [4.69, 9.17) is 0 Å². The Morgan fingerprint density at radius 3 is 2.47 bits per heavy atom. The molecule has 0 unspecified atom stereocenters. The van der Waals surface area contributed by atoms with Crippen LogP contribution in [0.1, 0.15) is 0 Å². The van der Waals surface area contributed by atoms with Crippen LogP contribution in [0.15, 0.2) is 24.3 Å². The Hall–Kier alpha value is -2.04. The zero-order valence-electron chi connectivity index (χ0n) is 9.84. The molecule has 1 aliphatic heterocycles. The van der Waals surface area contributed by atoms with E-state index in [0.717, 1.165) is 11.4 Å². The lowest BCUT2D eigenvalue weighted by Gasteiger charge is -2.34. The lowest BCUT2D eigenvalue weighted by molar-refractivity contribution is -0.151. The molecule has 0 aliphatic carbocycles. The number of likely N-dealkylation sites (N-methyl/N-ethyl adjacent to an activating group) is 1. The first-order valence-corrected chi connectivity index (χ1v) is 5.35. The van der Waals surface area contributed by atoms with Crippen molar-refractivity contribution in [2.75, 3.05) is 37.0 Å². The highest BCUT2D eigenvalue weighted by atomic mass is 16.5. The van der Waals surface area contributed by atoms with E-state index in [0.29, 0.717) is 13.1 Å². The maximum absolute atomic E-state index is 11.8. The zero-order valence-corrected chi connectivity index (χ0v) is 9.84. The molecule has 0 spiro atoms. The molecule has 0 saturated carbocycles. The number of amides is 1. The van der Waals surface area contributed by atoms with E-state index in [2.05, 4.69) is 9.64 Å². The number of anilines is 2. The summed E-state index contributed by atoms with van der Waals surface area (Å²) in [7, 11) is 3.17. The summed E-state index contributed by atoms with van der Waals surface area (Å²) >= 11 is 0. The van der Waals surface area contributed by atoms with Crippen LogP contribution in [-0.2, 0) is 14.3 Å². The van der Waals surface area contributed by atoms with Crippen molar-refractivity contribution in [3.63, 3.8) is 0 Å². The smallest absolute Gasteiger partial charge is 0.397 e. The fourth-order valence-corrected chi connectivity index (χ4v) is 1.91. The van der Waals surface area contributed by atoms with Gasteiger partial charge >= 0.3 is 11.9 Å². The van der Waals surface area contributed by atoms with Gasteiger partial charge < -0.3 is 9.64 Å². The summed E-state index contributed by atoms with van der Waals surface area (Å²) in [6, 6.07) is 7.49. The Bertz CT molecular complexity index is 459. The highest BCUT2D eigenvalue weighted by Crippen LogP contribution is 2.31. The molecule has 0 radical (unpaired) electrons. The number of ether oxygens (including phenoxy) is 1. The quantitative estimate of drug-likeness (QED) is 0.488. The fourth-order valence-electron chi connectivity index (χ4n) is 1.91. The number of carbonyl (C=O) groups is 2. The fraction of sp³-hybridized carbons (Fsp3) is 0.333. The first-order chi connectivity index (χ1) is 8.15. The Kier molecular flexibility index (Phi) is 2.99. The predicted molar refractivity (Wildman–Crippen MR) is 64.1 cm³/mol. The van der Waals surface area contributed by atoms with Crippen molar-refractivity contribution in [1.82, 2.24) is 0 Å². The van der Waals surface area contributed by atoms with Crippen molar-refractivity contribution in [2.24, 2.45) is 0 Å². The van der Waals surface area contributed by atoms with Crippen molar-refractivity contribution in [3.8, 4) is 0 Å². The molecule has 0 N–H and O–H groups in total. The van der Waals surface area contributed by atoms with Gasteiger partial charge in [-0.15, -0.1) is 0 Å². The Balaban J connectivity index is 2.36. The van der Waals surface area contributed by atoms with Crippen molar-refractivity contribution in [1.29, 1.82) is 0 Å². The van der Waals surface area contributed by atoms with Gasteiger partial charge in [0.1, 0.15) is 0 Å². The predicted octanol–water partition coefficient (Wildman–Crippen LogP) is 0.642. The minimum absolute atomic E-state index is 0.488. The SMILES string of the molecule is COC(=O)C(=O)N1CCN(C)c2ccccc21. The summed E-state index contributed by atoms with van der Waals surface area (Å²) < 4.78 is 4.46. The molecule has 0 atom stereocenters. The zero-order chi connectivity index (χ0) is 12.4. The molecule has 2 rings (SSSR count). The number of para-hydroxylation sites is 2. The van der Waals surface area contributed by atoms with E-state index in [1.54, 1.807) is 0 Å². The van der Waals surface area contributed by atoms with Gasteiger partial charge in [-0.05, 0) is 12.1 Å². The maximum atomic E-state index is 11.8. The first-order valence-electron chi connectivity index (χ1n) is 5.35. The number of hydrogen-bond donors (Lipinski definition) is 0. The highest BCUT2D eigenvalue weighted by Gasteiger charge is 2.29. The van der Waals surface area contributed by atoms with E-state index in [1.165, 1.54) is 12.0 Å². The summed E-state index contributed by atoms with van der Waals surface area (Å²) in [5.41, 5.74) is 1.69. The van der Waals surface area contributed by atoms with Gasteiger partial charge in [0.2, 0.25) is 0 Å². The number of fused-ring (bicyclic) bond motifs is 1. The molecule has 1 amide bonds. The average Bonchev–Trinajstić information content (AvgIpc) is 2.38. The highest BCUT2D eigenvalue weighted by molar-refractivity contribution is 6.38. The third-order valence-corrected chi connectivity index (χ3v) is 2.85. The van der Waals surface area contributed by atoms with Gasteiger partial charge in [0, 0.05) is 20.1 Å². The van der Waals surface area contributed by atoms with Crippen LogP contribution in [0.3, 0.4) is 0 Å². The number of nitrogens with zero attached hydrogens (tertiary/aromatic N) is 2. The number of hydrogen-bond acceptors (Lipinski definition) is 4. The van der Waals surface area contributed by atoms with Crippen LogP contribution >= 0.6 is 0 Å². The second-order valence-corrected chi connectivity index (χ2v) is 3.86. The standard InChI is InChI=1S/C12H14N2O3/c1-13-7-8-14(11(15)12(16)17-2)10-6-4-3-5-9(10)13/h3-6H,7-8H2,1-2H3. The van der Waals surface area contributed by atoms with E-state index in [9.17, 15) is 9.59 Å². The van der Waals surface area contributed by atoms with Crippen LogP contribution in [-0.4, -0.2) is 39.1 Å². The molecular weight excluding hydrogens is 220 g/mol. The van der Waals surface area contributed by atoms with Crippen LogP contribution in [0.2, 0.25) is 0 Å². The monoisotopic (exact) mass is 234 g/mol. The maximum Gasteiger partial charge on any atom is 0.397 e. The first kappa shape index (κ1) is 11.4. The summed E-state index contributed by atoms with van der Waals surface area (Å²) in [4.78, 5) is 26.6. The van der Waals surface area contributed by atoms with E-state index < -0.39 is 11.9 Å². The molecule has 1 heterocycles. The van der Waals surface area contributed by atoms with E-state index in [-0.39, 0.29) is 0 Å². The van der Waals surface area contributed by atoms with Gasteiger partial charge in [-0.2, -0.15) is 0 Å². The van der Waals surface area contributed by atoms with Gasteiger partial charge in [-0.25, -0.2) is 4.79 Å². The van der Waals surface area contributed by atoms with E-state index >= 15 is 0 Å². The van der Waals surface area contributed by atoms with Gasteiger partial charge in [-0.1, -0.05) is 12.1 Å². The Labute approximate surface area is 99.6 Å². The molecule has 0 bridgehead atoms. The Morgan fingerprint density at radius 1 is 1.18 bits per heavy atom. The van der Waals surface area contributed by atoms with Crippen molar-refractivity contribution in [2.45, 2.75) is 0 Å². The normalized spacial score (nSPS) is 14.2. The molecule has 17 heavy (non-hydrogen) atoms. The van der Waals surface area contributed by atoms with Gasteiger partial charge in [-0.3, -0.25) is 9.69 Å². The van der Waals surface area contributed by atoms with Crippen LogP contribution in [0.4, 0.5) is 11.4 Å². The second-order valence-electron chi connectivity index (χ2n) is 3.86. The second kappa shape index (κ2) is 4.45. The molecule has 0 fully saturated rings. The lowest BCUT2D eigenvalue weighted by Crippen LogP contribution is -2.45. The number of benzene rings is 1. The van der Waals surface area contributed by atoms with Gasteiger partial charge in [0.05, 0.1) is 18.5 Å². The van der Waals surface area contributed by atoms with Crippen LogP contribution in [0.25, 0.3) is 0 Å². The molecule has 5 heteroatoms. The third-order valence-electron chi connectivity index (χ3n) is 2.85. The van der Waals surface area contributed by atoms with Crippen molar-refractivity contribution in [3.05, 3.63) is 24.3 Å². The number of methoxy groups -OCH3 is 1. The third kappa shape index (κ3) is 1.95.